The molecule has 1 saturated carbocycles. The van der Waals surface area contributed by atoms with Crippen LogP contribution in [-0.2, 0) is 19.1 Å². The van der Waals surface area contributed by atoms with Crippen LogP contribution in [0, 0.1) is 10.8 Å². The molecule has 0 spiro atoms. The summed E-state index contributed by atoms with van der Waals surface area (Å²) < 4.78 is 9.96. The van der Waals surface area contributed by atoms with Crippen LogP contribution in [0.15, 0.2) is 12.3 Å². The zero-order chi connectivity index (χ0) is 12.6. The normalized spacial score (nSPS) is 31.2. The largest absolute Gasteiger partial charge is 0.461 e. The van der Waals surface area contributed by atoms with E-state index in [-0.39, 0.29) is 28.9 Å². The van der Waals surface area contributed by atoms with Crippen LogP contribution in [0.1, 0.15) is 34.6 Å². The Morgan fingerprint density at radius 1 is 1.12 bits per heavy atom. The summed E-state index contributed by atoms with van der Waals surface area (Å²) >= 11 is 0. The van der Waals surface area contributed by atoms with Crippen molar-refractivity contribution < 1.29 is 19.1 Å². The molecule has 0 aromatic heterocycles. The summed E-state index contributed by atoms with van der Waals surface area (Å²) in [6, 6.07) is 0. The third kappa shape index (κ3) is 2.10. The molecule has 0 saturated heterocycles. The lowest BCUT2D eigenvalue weighted by Gasteiger charge is -2.05. The average molecular weight is 226 g/mol. The highest BCUT2D eigenvalue weighted by Gasteiger charge is 2.69. The molecular formula is C12H18O4. The molecule has 0 aromatic rings. The van der Waals surface area contributed by atoms with Gasteiger partial charge in [0.1, 0.15) is 6.10 Å². The number of hydrogen-bond acceptors (Lipinski definition) is 4. The first-order chi connectivity index (χ1) is 7.22. The molecule has 4 nitrogen and oxygen atoms in total. The second kappa shape index (κ2) is 3.92. The molecule has 1 aliphatic rings. The summed E-state index contributed by atoms with van der Waals surface area (Å²) in [6.07, 6.45) is 2.99. The summed E-state index contributed by atoms with van der Waals surface area (Å²) in [5.41, 5.74) is -0.399. The van der Waals surface area contributed by atoms with Crippen LogP contribution in [0.4, 0.5) is 0 Å². The summed E-state index contributed by atoms with van der Waals surface area (Å²) in [4.78, 5) is 21.5. The fourth-order valence-electron chi connectivity index (χ4n) is 1.97. The van der Waals surface area contributed by atoms with Crippen molar-refractivity contribution in [1.29, 1.82) is 0 Å². The van der Waals surface area contributed by atoms with Crippen molar-refractivity contribution in [2.24, 2.45) is 10.8 Å². The van der Waals surface area contributed by atoms with Crippen molar-refractivity contribution in [3.05, 3.63) is 12.3 Å². The maximum absolute atomic E-state index is 10.9. The van der Waals surface area contributed by atoms with Gasteiger partial charge < -0.3 is 9.47 Å². The van der Waals surface area contributed by atoms with E-state index in [1.807, 2.05) is 20.8 Å². The van der Waals surface area contributed by atoms with Gasteiger partial charge in [0.25, 0.3) is 0 Å². The van der Waals surface area contributed by atoms with E-state index in [2.05, 4.69) is 0 Å². The lowest BCUT2D eigenvalue weighted by molar-refractivity contribution is -0.144. The molecule has 4 heteroatoms. The molecular weight excluding hydrogens is 208 g/mol. The van der Waals surface area contributed by atoms with Gasteiger partial charge >= 0.3 is 11.9 Å². The number of carbonyl (C=O) groups is 2. The van der Waals surface area contributed by atoms with Gasteiger partial charge in [-0.15, -0.1) is 0 Å². The van der Waals surface area contributed by atoms with E-state index in [4.69, 9.17) is 9.47 Å². The van der Waals surface area contributed by atoms with Gasteiger partial charge in [-0.05, 0) is 6.08 Å². The first-order valence-electron chi connectivity index (χ1n) is 5.24. The second-order valence-electron chi connectivity index (χ2n) is 4.91. The molecule has 0 aromatic carbocycles. The quantitative estimate of drug-likeness (QED) is 0.546. The number of ether oxygens (including phenoxy) is 2. The van der Waals surface area contributed by atoms with Crippen molar-refractivity contribution in [1.82, 2.24) is 0 Å². The van der Waals surface area contributed by atoms with Gasteiger partial charge in [0.2, 0.25) is 0 Å². The number of rotatable bonds is 3. The topological polar surface area (TPSA) is 52.6 Å². The highest BCUT2D eigenvalue weighted by atomic mass is 16.6. The van der Waals surface area contributed by atoms with Gasteiger partial charge in [0.05, 0.1) is 6.26 Å². The van der Waals surface area contributed by atoms with Gasteiger partial charge in [0, 0.05) is 24.7 Å². The third-order valence-corrected chi connectivity index (χ3v) is 3.44. The Labute approximate surface area is 95.6 Å². The van der Waals surface area contributed by atoms with E-state index in [1.54, 1.807) is 6.08 Å². The zero-order valence-corrected chi connectivity index (χ0v) is 10.4. The molecule has 0 amide bonds. The van der Waals surface area contributed by atoms with E-state index >= 15 is 0 Å². The molecule has 0 N–H and O–H groups in total. The van der Waals surface area contributed by atoms with Crippen LogP contribution in [0.3, 0.4) is 0 Å². The van der Waals surface area contributed by atoms with Crippen LogP contribution in [0.5, 0.6) is 0 Å². The minimum Gasteiger partial charge on any atom is -0.461 e. The SMILES string of the molecule is CC(=O)OC=CC1(C)C(OC(C)=O)C1(C)C. The van der Waals surface area contributed by atoms with E-state index in [0.717, 1.165) is 0 Å². The molecule has 1 rings (SSSR count). The van der Waals surface area contributed by atoms with Gasteiger partial charge in [-0.2, -0.15) is 0 Å². The van der Waals surface area contributed by atoms with Crippen molar-refractivity contribution in [3.63, 3.8) is 0 Å². The number of hydrogen-bond donors (Lipinski definition) is 0. The van der Waals surface area contributed by atoms with Crippen molar-refractivity contribution >= 4 is 11.9 Å². The third-order valence-electron chi connectivity index (χ3n) is 3.44. The fourth-order valence-corrected chi connectivity index (χ4v) is 1.97. The Hall–Kier alpha value is -1.32. The number of carbonyl (C=O) groups excluding carboxylic acids is 2. The predicted molar refractivity (Wildman–Crippen MR) is 58.3 cm³/mol. The highest BCUT2D eigenvalue weighted by molar-refractivity contribution is 5.67. The summed E-state index contributed by atoms with van der Waals surface area (Å²) in [5.74, 6) is -0.648. The van der Waals surface area contributed by atoms with Crippen LogP contribution < -0.4 is 0 Å². The summed E-state index contributed by atoms with van der Waals surface area (Å²) in [6.45, 7) is 8.73. The van der Waals surface area contributed by atoms with Crippen molar-refractivity contribution in [2.75, 3.05) is 0 Å². The van der Waals surface area contributed by atoms with Crippen LogP contribution >= 0.6 is 0 Å². The maximum atomic E-state index is 10.9. The first kappa shape index (κ1) is 12.7. The Kier molecular flexibility index (Phi) is 3.13. The summed E-state index contributed by atoms with van der Waals surface area (Å²) in [5, 5.41) is 0. The molecule has 0 bridgehead atoms. The smallest absolute Gasteiger partial charge is 0.307 e. The Morgan fingerprint density at radius 3 is 2.12 bits per heavy atom. The van der Waals surface area contributed by atoms with Gasteiger partial charge in [0.15, 0.2) is 0 Å². The second-order valence-corrected chi connectivity index (χ2v) is 4.91. The molecule has 2 atom stereocenters. The molecule has 1 aliphatic carbocycles. The maximum Gasteiger partial charge on any atom is 0.307 e. The number of esters is 2. The summed E-state index contributed by atoms with van der Waals surface area (Å²) in [7, 11) is 0. The Bertz CT molecular complexity index is 343. The lowest BCUT2D eigenvalue weighted by Crippen LogP contribution is -2.07. The standard InChI is InChI=1S/C12H18O4/c1-8(13)15-7-6-12(5)10(11(12,3)4)16-9(2)14/h6-7,10H,1-5H3. The van der Waals surface area contributed by atoms with Crippen LogP contribution in [0.2, 0.25) is 0 Å². The predicted octanol–water partition coefficient (Wildman–Crippen LogP) is 2.04. The first-order valence-corrected chi connectivity index (χ1v) is 5.24. The molecule has 0 aliphatic heterocycles. The average Bonchev–Trinajstić information content (AvgIpc) is 2.49. The monoisotopic (exact) mass is 226 g/mol. The van der Waals surface area contributed by atoms with E-state index in [1.165, 1.54) is 20.1 Å². The zero-order valence-electron chi connectivity index (χ0n) is 10.4. The van der Waals surface area contributed by atoms with E-state index < -0.39 is 0 Å². The van der Waals surface area contributed by atoms with E-state index in [9.17, 15) is 9.59 Å². The van der Waals surface area contributed by atoms with Gasteiger partial charge in [-0.25, -0.2) is 0 Å². The molecule has 0 heterocycles. The van der Waals surface area contributed by atoms with Gasteiger partial charge in [-0.3, -0.25) is 9.59 Å². The molecule has 2 unspecified atom stereocenters. The lowest BCUT2D eigenvalue weighted by atomic mass is 9.99. The molecule has 16 heavy (non-hydrogen) atoms. The highest BCUT2D eigenvalue weighted by Crippen LogP contribution is 2.65. The minimum absolute atomic E-state index is 0.130. The van der Waals surface area contributed by atoms with Crippen molar-refractivity contribution in [3.8, 4) is 0 Å². The van der Waals surface area contributed by atoms with Crippen LogP contribution in [-0.4, -0.2) is 18.0 Å². The van der Waals surface area contributed by atoms with Crippen molar-refractivity contribution in [2.45, 2.75) is 40.7 Å². The van der Waals surface area contributed by atoms with Gasteiger partial charge in [-0.1, -0.05) is 20.8 Å². The van der Waals surface area contributed by atoms with Crippen LogP contribution in [0.25, 0.3) is 0 Å². The Morgan fingerprint density at radius 2 is 1.69 bits per heavy atom. The Balaban J connectivity index is 2.68. The molecule has 1 fully saturated rings. The molecule has 0 radical (unpaired) electrons. The minimum atomic E-state index is -0.359. The molecule has 90 valence electrons. The van der Waals surface area contributed by atoms with E-state index in [0.29, 0.717) is 0 Å². The fraction of sp³-hybridized carbons (Fsp3) is 0.667.